The van der Waals surface area contributed by atoms with E-state index in [-0.39, 0.29) is 24.1 Å². The number of nitrogens with one attached hydrogen (secondary N) is 2. The summed E-state index contributed by atoms with van der Waals surface area (Å²) in [5.74, 6) is 0. The second-order valence-corrected chi connectivity index (χ2v) is 7.37. The molecule has 5 nitrogen and oxygen atoms in total. The molecule has 0 aromatic rings. The minimum atomic E-state index is -0.149. The molecular formula is C16H29N3O2. The standard InChI is InChI=1S/C16H29N3O2/c1-16(11-20)8-4-6-14(16)18-15(21)17-12-7-10-19-9-3-2-5-13(12)19/h12-14,20H,2-11H2,1H3,(H2,17,18,21). The second kappa shape index (κ2) is 6.13. The minimum absolute atomic E-state index is 0.0426. The zero-order valence-electron chi connectivity index (χ0n) is 13.1. The van der Waals surface area contributed by atoms with Gasteiger partial charge in [-0.15, -0.1) is 0 Å². The highest BCUT2D eigenvalue weighted by atomic mass is 16.3. The Balaban J connectivity index is 1.52. The van der Waals surface area contributed by atoms with Gasteiger partial charge < -0.3 is 15.7 Å². The third-order valence-electron chi connectivity index (χ3n) is 5.92. The van der Waals surface area contributed by atoms with Crippen LogP contribution < -0.4 is 10.6 Å². The molecule has 0 spiro atoms. The van der Waals surface area contributed by atoms with Crippen molar-refractivity contribution in [3.05, 3.63) is 0 Å². The Morgan fingerprint density at radius 2 is 2.05 bits per heavy atom. The predicted octanol–water partition coefficient (Wildman–Crippen LogP) is 1.46. The molecule has 3 fully saturated rings. The van der Waals surface area contributed by atoms with Crippen LogP contribution in [0.1, 0.15) is 51.9 Å². The van der Waals surface area contributed by atoms with Crippen molar-refractivity contribution >= 4 is 6.03 Å². The van der Waals surface area contributed by atoms with Crippen molar-refractivity contribution in [2.75, 3.05) is 19.7 Å². The van der Waals surface area contributed by atoms with Gasteiger partial charge in [0.05, 0.1) is 6.61 Å². The molecule has 3 rings (SSSR count). The Hall–Kier alpha value is -0.810. The summed E-state index contributed by atoms with van der Waals surface area (Å²) in [6.07, 6.45) is 7.92. The SMILES string of the molecule is CC1(CO)CCCC1NC(=O)NC1CCN2CCCCC12. The Morgan fingerprint density at radius 1 is 1.19 bits per heavy atom. The average molecular weight is 295 g/mol. The summed E-state index contributed by atoms with van der Waals surface area (Å²) < 4.78 is 0. The molecule has 1 aliphatic carbocycles. The van der Waals surface area contributed by atoms with Gasteiger partial charge in [0.15, 0.2) is 0 Å². The zero-order valence-corrected chi connectivity index (χ0v) is 13.1. The van der Waals surface area contributed by atoms with Gasteiger partial charge in [0, 0.05) is 30.1 Å². The largest absolute Gasteiger partial charge is 0.396 e. The highest BCUT2D eigenvalue weighted by Crippen LogP contribution is 2.37. The molecule has 0 aromatic heterocycles. The van der Waals surface area contributed by atoms with E-state index in [1.54, 1.807) is 0 Å². The van der Waals surface area contributed by atoms with Gasteiger partial charge in [-0.3, -0.25) is 4.90 Å². The van der Waals surface area contributed by atoms with Crippen LogP contribution in [0.5, 0.6) is 0 Å². The molecule has 4 atom stereocenters. The maximum atomic E-state index is 12.3. The molecule has 0 radical (unpaired) electrons. The fourth-order valence-electron chi connectivity index (χ4n) is 4.45. The van der Waals surface area contributed by atoms with Crippen molar-refractivity contribution in [2.45, 2.75) is 70.0 Å². The summed E-state index contributed by atoms with van der Waals surface area (Å²) in [4.78, 5) is 14.8. The molecule has 4 unspecified atom stereocenters. The molecule has 2 heterocycles. The van der Waals surface area contributed by atoms with Gasteiger partial charge in [-0.05, 0) is 38.6 Å². The van der Waals surface area contributed by atoms with Gasteiger partial charge in [0.1, 0.15) is 0 Å². The van der Waals surface area contributed by atoms with Crippen LogP contribution in [0.2, 0.25) is 0 Å². The van der Waals surface area contributed by atoms with E-state index in [1.165, 1.54) is 25.8 Å². The van der Waals surface area contributed by atoms with E-state index in [9.17, 15) is 9.90 Å². The molecule has 2 aliphatic heterocycles. The van der Waals surface area contributed by atoms with Gasteiger partial charge in [-0.25, -0.2) is 4.79 Å². The van der Waals surface area contributed by atoms with Crippen molar-refractivity contribution in [2.24, 2.45) is 5.41 Å². The first-order valence-corrected chi connectivity index (χ1v) is 8.54. The smallest absolute Gasteiger partial charge is 0.315 e. The average Bonchev–Trinajstić information content (AvgIpc) is 3.05. The summed E-state index contributed by atoms with van der Waals surface area (Å²) >= 11 is 0. The Morgan fingerprint density at radius 3 is 2.86 bits per heavy atom. The van der Waals surface area contributed by atoms with Crippen molar-refractivity contribution < 1.29 is 9.90 Å². The van der Waals surface area contributed by atoms with E-state index in [4.69, 9.17) is 0 Å². The molecule has 120 valence electrons. The number of hydrogen-bond donors (Lipinski definition) is 3. The van der Waals surface area contributed by atoms with E-state index in [2.05, 4.69) is 22.5 Å². The van der Waals surface area contributed by atoms with Crippen LogP contribution in [0.15, 0.2) is 0 Å². The van der Waals surface area contributed by atoms with Gasteiger partial charge in [-0.2, -0.15) is 0 Å². The third-order valence-corrected chi connectivity index (χ3v) is 5.92. The van der Waals surface area contributed by atoms with E-state index in [0.717, 1.165) is 32.2 Å². The maximum Gasteiger partial charge on any atom is 0.315 e. The maximum absolute atomic E-state index is 12.3. The highest BCUT2D eigenvalue weighted by Gasteiger charge is 2.40. The second-order valence-electron chi connectivity index (χ2n) is 7.37. The number of hydrogen-bond acceptors (Lipinski definition) is 3. The summed E-state index contributed by atoms with van der Waals surface area (Å²) in [6.45, 7) is 4.53. The fraction of sp³-hybridized carbons (Fsp3) is 0.938. The molecule has 1 saturated carbocycles. The van der Waals surface area contributed by atoms with Crippen LogP contribution in [-0.2, 0) is 0 Å². The van der Waals surface area contributed by atoms with Crippen LogP contribution in [-0.4, -0.2) is 53.9 Å². The number of rotatable bonds is 3. The fourth-order valence-corrected chi connectivity index (χ4v) is 4.45. The summed E-state index contributed by atoms with van der Waals surface area (Å²) in [6, 6.07) is 0.898. The van der Waals surface area contributed by atoms with Crippen LogP contribution in [0.25, 0.3) is 0 Å². The number of aliphatic hydroxyl groups is 1. The Kier molecular flexibility index (Phi) is 4.41. The molecule has 3 aliphatic rings. The number of nitrogens with zero attached hydrogens (tertiary/aromatic N) is 1. The van der Waals surface area contributed by atoms with Crippen LogP contribution in [0, 0.1) is 5.41 Å². The normalized spacial score (nSPS) is 40.0. The number of carbonyl (C=O) groups excluding carboxylic acids is 1. The van der Waals surface area contributed by atoms with Crippen molar-refractivity contribution in [1.82, 2.24) is 15.5 Å². The molecule has 0 aromatic carbocycles. The van der Waals surface area contributed by atoms with Crippen molar-refractivity contribution in [3.63, 3.8) is 0 Å². The van der Waals surface area contributed by atoms with E-state index in [0.29, 0.717) is 12.1 Å². The number of aliphatic hydroxyl groups excluding tert-OH is 1. The lowest BCUT2D eigenvalue weighted by Crippen LogP contribution is -2.53. The zero-order chi connectivity index (χ0) is 14.9. The number of amides is 2. The number of piperidine rings is 1. The third kappa shape index (κ3) is 3.04. The van der Waals surface area contributed by atoms with Crippen molar-refractivity contribution in [1.29, 1.82) is 0 Å². The first-order chi connectivity index (χ1) is 10.1. The molecule has 3 N–H and O–H groups in total. The number of carbonyl (C=O) groups is 1. The highest BCUT2D eigenvalue weighted by molar-refractivity contribution is 5.74. The van der Waals surface area contributed by atoms with E-state index >= 15 is 0 Å². The lowest BCUT2D eigenvalue weighted by atomic mass is 9.86. The van der Waals surface area contributed by atoms with Crippen LogP contribution in [0.3, 0.4) is 0 Å². The molecule has 0 bridgehead atoms. The van der Waals surface area contributed by atoms with Gasteiger partial charge in [0.2, 0.25) is 0 Å². The minimum Gasteiger partial charge on any atom is -0.396 e. The molecule has 2 saturated heterocycles. The quantitative estimate of drug-likeness (QED) is 0.738. The van der Waals surface area contributed by atoms with E-state index < -0.39 is 0 Å². The van der Waals surface area contributed by atoms with Crippen LogP contribution >= 0.6 is 0 Å². The molecule has 5 heteroatoms. The Bertz CT molecular complexity index is 390. The predicted molar refractivity (Wildman–Crippen MR) is 82.1 cm³/mol. The summed E-state index contributed by atoms with van der Waals surface area (Å²) in [5, 5.41) is 15.9. The summed E-state index contributed by atoms with van der Waals surface area (Å²) in [5.41, 5.74) is -0.149. The van der Waals surface area contributed by atoms with Gasteiger partial charge in [-0.1, -0.05) is 19.8 Å². The topological polar surface area (TPSA) is 64.6 Å². The lowest BCUT2D eigenvalue weighted by molar-refractivity contribution is 0.120. The van der Waals surface area contributed by atoms with Gasteiger partial charge in [0.25, 0.3) is 0 Å². The monoisotopic (exact) mass is 295 g/mol. The number of urea groups is 1. The molecule has 2 amide bonds. The van der Waals surface area contributed by atoms with E-state index in [1.807, 2.05) is 0 Å². The Labute approximate surface area is 127 Å². The first kappa shape index (κ1) is 15.1. The van der Waals surface area contributed by atoms with Gasteiger partial charge >= 0.3 is 6.03 Å². The van der Waals surface area contributed by atoms with Crippen molar-refractivity contribution in [3.8, 4) is 0 Å². The lowest BCUT2D eigenvalue weighted by Gasteiger charge is -2.34. The number of fused-ring (bicyclic) bond motifs is 1. The molecule has 21 heavy (non-hydrogen) atoms. The molecular weight excluding hydrogens is 266 g/mol. The van der Waals surface area contributed by atoms with Crippen LogP contribution in [0.4, 0.5) is 4.79 Å². The summed E-state index contributed by atoms with van der Waals surface area (Å²) in [7, 11) is 0. The first-order valence-electron chi connectivity index (χ1n) is 8.54.